The second-order valence-electron chi connectivity index (χ2n) is 6.46. The van der Waals surface area contributed by atoms with Crippen LogP contribution < -0.4 is 5.32 Å². The van der Waals surface area contributed by atoms with Gasteiger partial charge in [-0.1, -0.05) is 5.16 Å². The van der Waals surface area contributed by atoms with Gasteiger partial charge in [-0.15, -0.1) is 0 Å². The van der Waals surface area contributed by atoms with Gasteiger partial charge in [0.15, 0.2) is 0 Å². The Hall–Kier alpha value is -3.07. The van der Waals surface area contributed by atoms with Crippen LogP contribution in [0.4, 0.5) is 0 Å². The number of carbonyl (C=O) groups is 1. The van der Waals surface area contributed by atoms with E-state index in [1.54, 1.807) is 24.7 Å². The number of amides is 1. The van der Waals surface area contributed by atoms with Crippen LogP contribution >= 0.6 is 0 Å². The van der Waals surface area contributed by atoms with Gasteiger partial charge in [-0.2, -0.15) is 4.98 Å². The molecule has 1 atom stereocenters. The number of aromatic nitrogens is 4. The average Bonchev–Trinajstić information content (AvgIpc) is 3.39. The second kappa shape index (κ2) is 8.09. The Bertz CT molecular complexity index is 864. The lowest BCUT2D eigenvalue weighted by Gasteiger charge is -2.31. The minimum Gasteiger partial charge on any atom is -0.468 e. The Morgan fingerprint density at radius 1 is 1.26 bits per heavy atom. The minimum atomic E-state index is -0.0615. The molecule has 4 heterocycles. The lowest BCUT2D eigenvalue weighted by atomic mass is 9.97. The molecule has 3 aromatic rings. The molecule has 4 rings (SSSR count). The standard InChI is InChI=1S/C18H20N6O3/c25-18(13-4-1-8-24(11-13)12-14-5-2-9-26-14)21-10-15-22-17(23-27-15)16-19-6-3-7-20-16/h2-3,5-7,9,13H,1,4,8,10-12H2,(H,21,25)/t13-/m1/s1. The van der Waals surface area contributed by atoms with Crippen LogP contribution in [0.15, 0.2) is 45.8 Å². The normalized spacial score (nSPS) is 17.7. The van der Waals surface area contributed by atoms with E-state index in [9.17, 15) is 4.79 Å². The number of nitrogens with one attached hydrogen (secondary N) is 1. The molecule has 1 amide bonds. The van der Waals surface area contributed by atoms with Gasteiger partial charge in [0.05, 0.1) is 25.3 Å². The highest BCUT2D eigenvalue weighted by atomic mass is 16.5. The van der Waals surface area contributed by atoms with Gasteiger partial charge in [-0.05, 0) is 37.6 Å². The molecule has 0 saturated carbocycles. The van der Waals surface area contributed by atoms with Crippen molar-refractivity contribution in [1.29, 1.82) is 0 Å². The molecule has 1 aliphatic heterocycles. The van der Waals surface area contributed by atoms with Crippen LogP contribution in [0.5, 0.6) is 0 Å². The van der Waals surface area contributed by atoms with Crippen molar-refractivity contribution in [3.05, 3.63) is 48.5 Å². The molecule has 27 heavy (non-hydrogen) atoms. The maximum atomic E-state index is 12.5. The van der Waals surface area contributed by atoms with Gasteiger partial charge in [-0.3, -0.25) is 9.69 Å². The Kier molecular flexibility index (Phi) is 5.20. The highest BCUT2D eigenvalue weighted by Crippen LogP contribution is 2.19. The molecule has 1 aliphatic rings. The summed E-state index contributed by atoms with van der Waals surface area (Å²) in [5.74, 6) is 1.87. The summed E-state index contributed by atoms with van der Waals surface area (Å²) in [7, 11) is 0. The Morgan fingerprint density at radius 3 is 2.96 bits per heavy atom. The summed E-state index contributed by atoms with van der Waals surface area (Å²) in [5, 5.41) is 6.74. The predicted octanol–water partition coefficient (Wildman–Crippen LogP) is 1.65. The van der Waals surface area contributed by atoms with Gasteiger partial charge in [-0.25, -0.2) is 9.97 Å². The fourth-order valence-electron chi connectivity index (χ4n) is 3.18. The highest BCUT2D eigenvalue weighted by Gasteiger charge is 2.26. The Labute approximate surface area is 155 Å². The van der Waals surface area contributed by atoms with E-state index in [4.69, 9.17) is 8.94 Å². The molecule has 0 bridgehead atoms. The van der Waals surface area contributed by atoms with E-state index in [2.05, 4.69) is 30.3 Å². The van der Waals surface area contributed by atoms with Crippen molar-refractivity contribution in [2.45, 2.75) is 25.9 Å². The van der Waals surface area contributed by atoms with Gasteiger partial charge in [0.2, 0.25) is 23.4 Å². The monoisotopic (exact) mass is 368 g/mol. The molecule has 0 radical (unpaired) electrons. The first-order chi connectivity index (χ1) is 13.3. The van der Waals surface area contributed by atoms with Crippen LogP contribution in [0.1, 0.15) is 24.5 Å². The number of furan rings is 1. The zero-order valence-electron chi connectivity index (χ0n) is 14.7. The van der Waals surface area contributed by atoms with E-state index in [0.29, 0.717) is 24.1 Å². The maximum Gasteiger partial charge on any atom is 0.246 e. The first kappa shape index (κ1) is 17.3. The number of piperidine rings is 1. The molecule has 1 N–H and O–H groups in total. The van der Waals surface area contributed by atoms with Crippen LogP contribution in [0.25, 0.3) is 11.6 Å². The first-order valence-corrected chi connectivity index (χ1v) is 8.90. The van der Waals surface area contributed by atoms with Crippen LogP contribution in [0.2, 0.25) is 0 Å². The van der Waals surface area contributed by atoms with Gasteiger partial charge in [0, 0.05) is 18.9 Å². The summed E-state index contributed by atoms with van der Waals surface area (Å²) in [5.41, 5.74) is 0. The van der Waals surface area contributed by atoms with Crippen molar-refractivity contribution in [1.82, 2.24) is 30.3 Å². The largest absolute Gasteiger partial charge is 0.468 e. The van der Waals surface area contributed by atoms with E-state index in [1.165, 1.54) is 0 Å². The molecule has 0 spiro atoms. The summed E-state index contributed by atoms with van der Waals surface area (Å²) in [6.45, 7) is 2.59. The van der Waals surface area contributed by atoms with Crippen molar-refractivity contribution >= 4 is 5.91 Å². The molecular formula is C18H20N6O3. The third-order valence-corrected chi connectivity index (χ3v) is 4.48. The van der Waals surface area contributed by atoms with Crippen LogP contribution in [-0.4, -0.2) is 44.0 Å². The summed E-state index contributed by atoms with van der Waals surface area (Å²) in [6.07, 6.45) is 6.74. The third kappa shape index (κ3) is 4.37. The number of rotatable bonds is 6. The topological polar surface area (TPSA) is 110 Å². The highest BCUT2D eigenvalue weighted by molar-refractivity contribution is 5.78. The average molecular weight is 368 g/mol. The molecule has 1 saturated heterocycles. The van der Waals surface area contributed by atoms with E-state index in [1.807, 2.05) is 12.1 Å². The van der Waals surface area contributed by atoms with Crippen LogP contribution in [-0.2, 0) is 17.9 Å². The van der Waals surface area contributed by atoms with Crippen molar-refractivity contribution in [3.8, 4) is 11.6 Å². The van der Waals surface area contributed by atoms with E-state index >= 15 is 0 Å². The second-order valence-corrected chi connectivity index (χ2v) is 6.46. The Balaban J connectivity index is 1.29. The number of carbonyl (C=O) groups excluding carboxylic acids is 1. The van der Waals surface area contributed by atoms with Gasteiger partial charge in [0.25, 0.3) is 0 Å². The van der Waals surface area contributed by atoms with Crippen molar-refractivity contribution in [2.75, 3.05) is 13.1 Å². The van der Waals surface area contributed by atoms with Gasteiger partial charge in [0.1, 0.15) is 5.76 Å². The lowest BCUT2D eigenvalue weighted by molar-refractivity contribution is -0.127. The quantitative estimate of drug-likeness (QED) is 0.699. The molecule has 0 unspecified atom stereocenters. The van der Waals surface area contributed by atoms with E-state index < -0.39 is 0 Å². The molecule has 9 heteroatoms. The summed E-state index contributed by atoms with van der Waals surface area (Å²) >= 11 is 0. The van der Waals surface area contributed by atoms with Crippen molar-refractivity contribution in [3.63, 3.8) is 0 Å². The zero-order valence-corrected chi connectivity index (χ0v) is 14.7. The SMILES string of the molecule is O=C(NCc1nc(-c2ncccn2)no1)[C@@H]1CCCN(Cc2ccco2)C1. The molecule has 0 aromatic carbocycles. The summed E-state index contributed by atoms with van der Waals surface area (Å²) in [6, 6.07) is 5.54. The maximum absolute atomic E-state index is 12.5. The number of nitrogens with zero attached hydrogens (tertiary/aromatic N) is 5. The molecule has 9 nitrogen and oxygen atoms in total. The van der Waals surface area contributed by atoms with Crippen molar-refractivity contribution < 1.29 is 13.7 Å². The smallest absolute Gasteiger partial charge is 0.246 e. The van der Waals surface area contributed by atoms with E-state index in [-0.39, 0.29) is 18.4 Å². The van der Waals surface area contributed by atoms with E-state index in [0.717, 1.165) is 31.7 Å². The minimum absolute atomic E-state index is 0.00476. The number of hydrogen-bond acceptors (Lipinski definition) is 8. The third-order valence-electron chi connectivity index (χ3n) is 4.48. The molecule has 3 aromatic heterocycles. The lowest BCUT2D eigenvalue weighted by Crippen LogP contribution is -2.42. The first-order valence-electron chi connectivity index (χ1n) is 8.90. The number of likely N-dealkylation sites (tertiary alicyclic amines) is 1. The fourth-order valence-corrected chi connectivity index (χ4v) is 3.18. The molecule has 0 aliphatic carbocycles. The summed E-state index contributed by atoms with van der Waals surface area (Å²) in [4.78, 5) is 27.1. The summed E-state index contributed by atoms with van der Waals surface area (Å²) < 4.78 is 10.6. The van der Waals surface area contributed by atoms with Crippen LogP contribution in [0, 0.1) is 5.92 Å². The predicted molar refractivity (Wildman–Crippen MR) is 93.9 cm³/mol. The van der Waals surface area contributed by atoms with Gasteiger partial charge >= 0.3 is 0 Å². The fraction of sp³-hybridized carbons (Fsp3) is 0.389. The molecule has 1 fully saturated rings. The molecular weight excluding hydrogens is 348 g/mol. The number of hydrogen-bond donors (Lipinski definition) is 1. The zero-order chi connectivity index (χ0) is 18.5. The van der Waals surface area contributed by atoms with Crippen LogP contribution in [0.3, 0.4) is 0 Å². The Morgan fingerprint density at radius 2 is 2.15 bits per heavy atom. The molecule has 140 valence electrons. The van der Waals surface area contributed by atoms with Crippen molar-refractivity contribution in [2.24, 2.45) is 5.92 Å². The van der Waals surface area contributed by atoms with Gasteiger partial charge < -0.3 is 14.3 Å².